The van der Waals surface area contributed by atoms with Crippen LogP contribution in [-0.2, 0) is 5.75 Å². The van der Waals surface area contributed by atoms with E-state index < -0.39 is 0 Å². The fraction of sp³-hybridized carbons (Fsp3) is 0.158. The van der Waals surface area contributed by atoms with Crippen LogP contribution >= 0.6 is 11.8 Å². The van der Waals surface area contributed by atoms with Crippen LogP contribution in [0, 0.1) is 13.8 Å². The first kappa shape index (κ1) is 16.5. The van der Waals surface area contributed by atoms with Crippen LogP contribution in [-0.4, -0.2) is 24.1 Å². The maximum absolute atomic E-state index is 12.2. The predicted molar refractivity (Wildman–Crippen MR) is 102 cm³/mol. The summed E-state index contributed by atoms with van der Waals surface area (Å²) >= 11 is 1.51. The van der Waals surface area contributed by atoms with Crippen LogP contribution < -0.4 is 5.56 Å². The summed E-state index contributed by atoms with van der Waals surface area (Å²) in [6.45, 7) is 4.14. The highest BCUT2D eigenvalue weighted by Crippen LogP contribution is 2.24. The highest BCUT2D eigenvalue weighted by Gasteiger charge is 2.11. The molecule has 7 heteroatoms. The second-order valence-corrected chi connectivity index (χ2v) is 7.02. The van der Waals surface area contributed by atoms with E-state index in [1.165, 1.54) is 21.7 Å². The van der Waals surface area contributed by atoms with Gasteiger partial charge in [0.15, 0.2) is 5.16 Å². The molecule has 4 rings (SSSR count). The molecular formula is C19H17N5OS. The number of rotatable bonds is 4. The highest BCUT2D eigenvalue weighted by atomic mass is 32.2. The van der Waals surface area contributed by atoms with Gasteiger partial charge in [0.25, 0.3) is 5.56 Å². The smallest absolute Gasteiger partial charge is 0.258 e. The molecular weight excluding hydrogens is 346 g/mol. The molecule has 0 aliphatic heterocycles. The number of aryl methyl sites for hydroxylation is 2. The van der Waals surface area contributed by atoms with Crippen molar-refractivity contribution in [2.24, 2.45) is 0 Å². The third-order valence-electron chi connectivity index (χ3n) is 4.10. The molecule has 6 nitrogen and oxygen atoms in total. The molecule has 0 fully saturated rings. The molecule has 0 aliphatic rings. The van der Waals surface area contributed by atoms with Gasteiger partial charge in [0.05, 0.1) is 11.4 Å². The number of thioether (sulfide) groups is 1. The summed E-state index contributed by atoms with van der Waals surface area (Å²) in [5.41, 5.74) is 4.72. The van der Waals surface area contributed by atoms with Gasteiger partial charge in [0.1, 0.15) is 12.0 Å². The molecule has 0 aliphatic carbocycles. The van der Waals surface area contributed by atoms with Crippen molar-refractivity contribution >= 4 is 17.4 Å². The van der Waals surface area contributed by atoms with E-state index in [2.05, 4.69) is 47.2 Å². The Morgan fingerprint density at radius 3 is 2.85 bits per heavy atom. The molecule has 130 valence electrons. The van der Waals surface area contributed by atoms with E-state index in [-0.39, 0.29) is 5.56 Å². The lowest BCUT2D eigenvalue weighted by Gasteiger charge is -2.10. The van der Waals surface area contributed by atoms with E-state index in [0.717, 1.165) is 22.1 Å². The second-order valence-electron chi connectivity index (χ2n) is 6.08. The Labute approximate surface area is 154 Å². The maximum Gasteiger partial charge on any atom is 0.258 e. The normalized spacial score (nSPS) is 11.2. The molecule has 3 heterocycles. The minimum absolute atomic E-state index is 0.0814. The van der Waals surface area contributed by atoms with E-state index in [1.54, 1.807) is 18.6 Å². The van der Waals surface area contributed by atoms with Gasteiger partial charge in [-0.25, -0.2) is 4.98 Å². The van der Waals surface area contributed by atoms with Crippen molar-refractivity contribution in [1.29, 1.82) is 0 Å². The lowest BCUT2D eigenvalue weighted by atomic mass is 10.1. The van der Waals surface area contributed by atoms with Crippen molar-refractivity contribution < 1.29 is 0 Å². The summed E-state index contributed by atoms with van der Waals surface area (Å²) < 4.78 is 3.50. The summed E-state index contributed by atoms with van der Waals surface area (Å²) in [7, 11) is 0. The summed E-state index contributed by atoms with van der Waals surface area (Å²) in [5.74, 6) is 0.546. The first-order chi connectivity index (χ1) is 12.6. The Kier molecular flexibility index (Phi) is 4.30. The van der Waals surface area contributed by atoms with Gasteiger partial charge in [-0.05, 0) is 37.6 Å². The fourth-order valence-corrected chi connectivity index (χ4v) is 3.69. The van der Waals surface area contributed by atoms with Crippen LogP contribution in [0.15, 0.2) is 64.9 Å². The molecule has 0 saturated heterocycles. The van der Waals surface area contributed by atoms with Gasteiger partial charge in [-0.1, -0.05) is 35.5 Å². The molecule has 0 saturated carbocycles. The third-order valence-corrected chi connectivity index (χ3v) is 5.08. The summed E-state index contributed by atoms with van der Waals surface area (Å²) in [5, 5.41) is 9.04. The monoisotopic (exact) mass is 363 g/mol. The molecule has 26 heavy (non-hydrogen) atoms. The van der Waals surface area contributed by atoms with Crippen LogP contribution in [0.1, 0.15) is 16.8 Å². The van der Waals surface area contributed by atoms with Crippen LogP contribution in [0.5, 0.6) is 0 Å². The number of benzene rings is 1. The minimum Gasteiger partial charge on any atom is -0.276 e. The quantitative estimate of drug-likeness (QED) is 0.521. The lowest BCUT2D eigenvalue weighted by Crippen LogP contribution is -2.14. The van der Waals surface area contributed by atoms with Crippen LogP contribution in [0.3, 0.4) is 0 Å². The number of nitrogens with zero attached hydrogens (tertiary/aromatic N) is 5. The van der Waals surface area contributed by atoms with Gasteiger partial charge in [-0.2, -0.15) is 0 Å². The summed E-state index contributed by atoms with van der Waals surface area (Å²) in [6, 6.07) is 13.4. The van der Waals surface area contributed by atoms with Gasteiger partial charge in [-0.15, -0.1) is 10.2 Å². The third kappa shape index (κ3) is 3.13. The average Bonchev–Trinajstić information content (AvgIpc) is 3.08. The Morgan fingerprint density at radius 1 is 1.12 bits per heavy atom. The highest BCUT2D eigenvalue weighted by molar-refractivity contribution is 7.98. The van der Waals surface area contributed by atoms with Crippen molar-refractivity contribution in [3.05, 3.63) is 82.2 Å². The molecule has 1 aromatic carbocycles. The standard InChI is InChI=1S/C19H17N5OS/c1-13-6-7-16(14(2)9-13)24-12-20-22-19(24)26-11-15-10-18(25)23-8-4-3-5-17(23)21-15/h3-10,12H,11H2,1-2H3. The van der Waals surface area contributed by atoms with Crippen LogP contribution in [0.2, 0.25) is 0 Å². The van der Waals surface area contributed by atoms with Gasteiger partial charge in [-0.3, -0.25) is 13.8 Å². The molecule has 0 atom stereocenters. The number of fused-ring (bicyclic) bond motifs is 1. The SMILES string of the molecule is Cc1ccc(-n2cnnc2SCc2cc(=O)n3ccccc3n2)c(C)c1. The van der Waals surface area contributed by atoms with Gasteiger partial charge in [0.2, 0.25) is 0 Å². The van der Waals surface area contributed by atoms with Gasteiger partial charge < -0.3 is 0 Å². The molecule has 0 radical (unpaired) electrons. The molecule has 0 unspecified atom stereocenters. The number of hydrogen-bond donors (Lipinski definition) is 0. The average molecular weight is 363 g/mol. The topological polar surface area (TPSA) is 65.1 Å². The Balaban J connectivity index is 1.62. The largest absolute Gasteiger partial charge is 0.276 e. The van der Waals surface area contributed by atoms with Crippen molar-refractivity contribution in [1.82, 2.24) is 24.1 Å². The van der Waals surface area contributed by atoms with Crippen molar-refractivity contribution in [3.8, 4) is 5.69 Å². The molecule has 0 N–H and O–H groups in total. The molecule has 0 bridgehead atoms. The summed E-state index contributed by atoms with van der Waals surface area (Å²) in [6.07, 6.45) is 3.43. The summed E-state index contributed by atoms with van der Waals surface area (Å²) in [4.78, 5) is 16.8. The number of pyridine rings is 1. The van der Waals surface area contributed by atoms with Gasteiger partial charge in [0, 0.05) is 18.0 Å². The van der Waals surface area contributed by atoms with Gasteiger partial charge >= 0.3 is 0 Å². The number of hydrogen-bond acceptors (Lipinski definition) is 5. The fourth-order valence-electron chi connectivity index (χ4n) is 2.88. The van der Waals surface area contributed by atoms with Crippen molar-refractivity contribution in [3.63, 3.8) is 0 Å². The van der Waals surface area contributed by atoms with Crippen LogP contribution in [0.4, 0.5) is 0 Å². The Bertz CT molecular complexity index is 1150. The zero-order valence-electron chi connectivity index (χ0n) is 14.5. The number of aromatic nitrogens is 5. The van der Waals surface area contributed by atoms with E-state index >= 15 is 0 Å². The first-order valence-electron chi connectivity index (χ1n) is 8.19. The first-order valence-corrected chi connectivity index (χ1v) is 9.18. The Hall–Kier alpha value is -2.93. The Morgan fingerprint density at radius 2 is 2.00 bits per heavy atom. The predicted octanol–water partition coefficient (Wildman–Crippen LogP) is 3.18. The molecule has 0 amide bonds. The molecule has 4 aromatic rings. The lowest BCUT2D eigenvalue weighted by molar-refractivity contribution is 0.876. The second kappa shape index (κ2) is 6.76. The van der Waals surface area contributed by atoms with Crippen molar-refractivity contribution in [2.75, 3.05) is 0 Å². The molecule has 0 spiro atoms. The maximum atomic E-state index is 12.2. The zero-order valence-corrected chi connectivity index (χ0v) is 15.3. The minimum atomic E-state index is -0.0814. The van der Waals surface area contributed by atoms with E-state index in [0.29, 0.717) is 11.4 Å². The molecule has 3 aromatic heterocycles. The van der Waals surface area contributed by atoms with E-state index in [1.807, 2.05) is 22.8 Å². The van der Waals surface area contributed by atoms with E-state index in [4.69, 9.17) is 0 Å². The van der Waals surface area contributed by atoms with Crippen molar-refractivity contribution in [2.45, 2.75) is 24.8 Å². The van der Waals surface area contributed by atoms with Crippen LogP contribution in [0.25, 0.3) is 11.3 Å². The van der Waals surface area contributed by atoms with E-state index in [9.17, 15) is 4.79 Å². The zero-order chi connectivity index (χ0) is 18.1.